The molecule has 0 spiro atoms. The second-order valence-electron chi connectivity index (χ2n) is 8.47. The van der Waals surface area contributed by atoms with Gasteiger partial charge in [-0.15, -0.1) is 16.8 Å². The van der Waals surface area contributed by atoms with Gasteiger partial charge in [-0.2, -0.15) is 5.10 Å². The molecule has 0 aliphatic heterocycles. The largest absolute Gasteiger partial charge is 0.488 e. The molecule has 1 amide bonds. The lowest BCUT2D eigenvalue weighted by molar-refractivity contribution is -0.120. The summed E-state index contributed by atoms with van der Waals surface area (Å²) in [5.41, 5.74) is 5.41. The molecule has 0 saturated heterocycles. The Morgan fingerprint density at radius 1 is 1.13 bits per heavy atom. The van der Waals surface area contributed by atoms with Gasteiger partial charge in [-0.05, 0) is 48.9 Å². The summed E-state index contributed by atoms with van der Waals surface area (Å²) in [6.45, 7) is 7.10. The third kappa shape index (κ3) is 8.30. The zero-order valence-electron chi connectivity index (χ0n) is 21.5. The molecule has 10 heteroatoms. The standard InChI is InChI=1S/C29H29BrN6O2S/c1-3-16-36-27(19-31-25-13-5-4-6-14-25)33-35-29(36)39-21(2)28(37)34-32-18-23-11-7-8-15-26(23)38-20-22-10-9-12-24(30)17-22/h3-15,17-18,21,31H,1,16,19-20H2,2H3,(H,34,37)/t21-/m0/s1. The molecular formula is C29H29BrN6O2S. The summed E-state index contributed by atoms with van der Waals surface area (Å²) in [4.78, 5) is 12.8. The summed E-state index contributed by atoms with van der Waals surface area (Å²) in [6.07, 6.45) is 3.36. The summed E-state index contributed by atoms with van der Waals surface area (Å²) < 4.78 is 8.93. The molecule has 0 fully saturated rings. The molecule has 1 heterocycles. The fourth-order valence-electron chi connectivity index (χ4n) is 3.56. The monoisotopic (exact) mass is 604 g/mol. The van der Waals surface area contributed by atoms with Gasteiger partial charge < -0.3 is 14.6 Å². The van der Waals surface area contributed by atoms with Crippen LogP contribution in [0, 0.1) is 0 Å². The van der Waals surface area contributed by atoms with Gasteiger partial charge in [0.15, 0.2) is 11.0 Å². The van der Waals surface area contributed by atoms with E-state index in [9.17, 15) is 4.79 Å². The van der Waals surface area contributed by atoms with Crippen molar-refractivity contribution in [2.24, 2.45) is 5.10 Å². The Hall–Kier alpha value is -3.89. The van der Waals surface area contributed by atoms with Crippen molar-refractivity contribution in [3.8, 4) is 5.75 Å². The SMILES string of the molecule is C=CCn1c(CNc2ccccc2)nnc1S[C@@H](C)C(=O)NN=Cc1ccccc1OCc1cccc(Br)c1. The molecule has 4 rings (SSSR count). The number of ether oxygens (including phenoxy) is 1. The van der Waals surface area contributed by atoms with E-state index in [1.165, 1.54) is 11.8 Å². The molecular weight excluding hydrogens is 576 g/mol. The number of amides is 1. The Balaban J connectivity index is 1.34. The number of hydrogen-bond donors (Lipinski definition) is 2. The molecule has 200 valence electrons. The number of nitrogens with one attached hydrogen (secondary N) is 2. The lowest BCUT2D eigenvalue weighted by Crippen LogP contribution is -2.27. The molecule has 0 aliphatic carbocycles. The van der Waals surface area contributed by atoms with Crippen molar-refractivity contribution in [1.82, 2.24) is 20.2 Å². The van der Waals surface area contributed by atoms with E-state index >= 15 is 0 Å². The molecule has 0 unspecified atom stereocenters. The fraction of sp³-hybridized carbons (Fsp3) is 0.172. The normalized spacial score (nSPS) is 11.7. The van der Waals surface area contributed by atoms with Crippen LogP contribution in [0.1, 0.15) is 23.9 Å². The summed E-state index contributed by atoms with van der Waals surface area (Å²) in [7, 11) is 0. The fourth-order valence-corrected chi connectivity index (χ4v) is 4.88. The van der Waals surface area contributed by atoms with E-state index in [0.717, 1.165) is 27.1 Å². The van der Waals surface area contributed by atoms with Crippen molar-refractivity contribution in [3.63, 3.8) is 0 Å². The number of rotatable bonds is 13. The number of thioether (sulfide) groups is 1. The van der Waals surface area contributed by atoms with Gasteiger partial charge in [-0.3, -0.25) is 4.79 Å². The van der Waals surface area contributed by atoms with Gasteiger partial charge >= 0.3 is 0 Å². The van der Waals surface area contributed by atoms with Crippen molar-refractivity contribution in [3.05, 3.63) is 113 Å². The lowest BCUT2D eigenvalue weighted by Gasteiger charge is -2.12. The maximum Gasteiger partial charge on any atom is 0.253 e. The quantitative estimate of drug-likeness (QED) is 0.0835. The molecule has 2 N–H and O–H groups in total. The lowest BCUT2D eigenvalue weighted by atomic mass is 10.2. The van der Waals surface area contributed by atoms with Crippen molar-refractivity contribution in [2.75, 3.05) is 5.32 Å². The first kappa shape index (κ1) is 28.1. The smallest absolute Gasteiger partial charge is 0.253 e. The van der Waals surface area contributed by atoms with Crippen LogP contribution in [-0.4, -0.2) is 32.1 Å². The number of allylic oxidation sites excluding steroid dienone is 1. The Labute approximate surface area is 240 Å². The second kappa shape index (κ2) is 14.3. The van der Waals surface area contributed by atoms with Gasteiger partial charge in [-0.25, -0.2) is 5.43 Å². The average Bonchev–Trinajstić information content (AvgIpc) is 3.32. The molecule has 0 radical (unpaired) electrons. The van der Waals surface area contributed by atoms with Crippen LogP contribution < -0.4 is 15.5 Å². The van der Waals surface area contributed by atoms with Gasteiger partial charge in [-0.1, -0.05) is 76.2 Å². The van der Waals surface area contributed by atoms with E-state index in [4.69, 9.17) is 4.74 Å². The third-order valence-corrected chi connectivity index (χ3v) is 7.14. The predicted octanol–water partition coefficient (Wildman–Crippen LogP) is 6.05. The number of aromatic nitrogens is 3. The van der Waals surface area contributed by atoms with Crippen LogP contribution in [0.5, 0.6) is 5.75 Å². The van der Waals surface area contributed by atoms with Crippen LogP contribution in [0.2, 0.25) is 0 Å². The minimum absolute atomic E-state index is 0.249. The number of anilines is 1. The highest BCUT2D eigenvalue weighted by molar-refractivity contribution is 9.10. The molecule has 39 heavy (non-hydrogen) atoms. The van der Waals surface area contributed by atoms with Crippen LogP contribution in [0.4, 0.5) is 5.69 Å². The van der Waals surface area contributed by atoms with E-state index in [0.29, 0.717) is 30.6 Å². The molecule has 4 aromatic rings. The highest BCUT2D eigenvalue weighted by atomic mass is 79.9. The van der Waals surface area contributed by atoms with E-state index < -0.39 is 5.25 Å². The predicted molar refractivity (Wildman–Crippen MR) is 160 cm³/mol. The number of hydrazone groups is 1. The van der Waals surface area contributed by atoms with Crippen LogP contribution in [-0.2, 0) is 24.5 Å². The average molecular weight is 606 g/mol. The molecule has 0 aliphatic rings. The Bertz CT molecular complexity index is 1430. The number of halogens is 1. The van der Waals surface area contributed by atoms with E-state index in [-0.39, 0.29) is 5.91 Å². The van der Waals surface area contributed by atoms with Crippen molar-refractivity contribution in [2.45, 2.75) is 37.0 Å². The highest BCUT2D eigenvalue weighted by Gasteiger charge is 2.19. The van der Waals surface area contributed by atoms with Crippen LogP contribution >= 0.6 is 27.7 Å². The first-order valence-electron chi connectivity index (χ1n) is 12.3. The summed E-state index contributed by atoms with van der Waals surface area (Å²) >= 11 is 4.79. The van der Waals surface area contributed by atoms with Gasteiger partial charge in [0.05, 0.1) is 18.0 Å². The molecule has 1 aromatic heterocycles. The van der Waals surface area contributed by atoms with Crippen LogP contribution in [0.3, 0.4) is 0 Å². The van der Waals surface area contributed by atoms with Crippen molar-refractivity contribution < 1.29 is 9.53 Å². The maximum absolute atomic E-state index is 12.8. The highest BCUT2D eigenvalue weighted by Crippen LogP contribution is 2.23. The molecule has 8 nitrogen and oxygen atoms in total. The number of benzene rings is 3. The van der Waals surface area contributed by atoms with Gasteiger partial charge in [0.25, 0.3) is 5.91 Å². The number of carbonyl (C=O) groups is 1. The van der Waals surface area contributed by atoms with Gasteiger partial charge in [0.1, 0.15) is 12.4 Å². The Morgan fingerprint density at radius 2 is 1.92 bits per heavy atom. The van der Waals surface area contributed by atoms with Gasteiger partial charge in [0, 0.05) is 22.3 Å². The molecule has 3 aromatic carbocycles. The van der Waals surface area contributed by atoms with Gasteiger partial charge in [0.2, 0.25) is 0 Å². The van der Waals surface area contributed by atoms with Crippen molar-refractivity contribution >= 4 is 45.5 Å². The Morgan fingerprint density at radius 3 is 2.72 bits per heavy atom. The van der Waals surface area contributed by atoms with Crippen LogP contribution in [0.25, 0.3) is 0 Å². The summed E-state index contributed by atoms with van der Waals surface area (Å²) in [6, 6.07) is 25.4. The first-order chi connectivity index (χ1) is 19.0. The number of hydrogen-bond acceptors (Lipinski definition) is 7. The number of nitrogens with zero attached hydrogens (tertiary/aromatic N) is 4. The molecule has 0 saturated carbocycles. The van der Waals surface area contributed by atoms with Crippen molar-refractivity contribution in [1.29, 1.82) is 0 Å². The number of carbonyl (C=O) groups excluding carboxylic acids is 1. The number of para-hydroxylation sites is 2. The van der Waals surface area contributed by atoms with E-state index in [1.54, 1.807) is 19.2 Å². The summed E-state index contributed by atoms with van der Waals surface area (Å²) in [5.74, 6) is 1.18. The zero-order chi connectivity index (χ0) is 27.5. The van der Waals surface area contributed by atoms with Crippen LogP contribution in [0.15, 0.2) is 106 Å². The first-order valence-corrected chi connectivity index (χ1v) is 14.0. The topological polar surface area (TPSA) is 93.4 Å². The Kier molecular flexibility index (Phi) is 10.3. The minimum Gasteiger partial charge on any atom is -0.488 e. The van der Waals surface area contributed by atoms with E-state index in [2.05, 4.69) is 48.6 Å². The maximum atomic E-state index is 12.8. The third-order valence-electron chi connectivity index (χ3n) is 5.56. The summed E-state index contributed by atoms with van der Waals surface area (Å²) in [5, 5.41) is 16.3. The van der Waals surface area contributed by atoms with E-state index in [1.807, 2.05) is 83.4 Å². The zero-order valence-corrected chi connectivity index (χ0v) is 23.9. The molecule has 1 atom stereocenters. The molecule has 0 bridgehead atoms. The second-order valence-corrected chi connectivity index (χ2v) is 10.7. The minimum atomic E-state index is -0.451.